The van der Waals surface area contributed by atoms with Gasteiger partial charge in [-0.05, 0) is 27.7 Å². The zero-order valence-electron chi connectivity index (χ0n) is 12.0. The molecule has 2 rings (SSSR count). The van der Waals surface area contributed by atoms with E-state index in [4.69, 9.17) is 0 Å². The maximum atomic E-state index is 4.37. The van der Waals surface area contributed by atoms with Gasteiger partial charge in [0.05, 0.1) is 36.2 Å². The van der Waals surface area contributed by atoms with Crippen LogP contribution in [0.3, 0.4) is 0 Å². The van der Waals surface area contributed by atoms with Crippen LogP contribution in [-0.2, 0) is 13.1 Å². The van der Waals surface area contributed by atoms with Crippen molar-refractivity contribution < 1.29 is 0 Å². The Kier molecular flexibility index (Phi) is 3.95. The number of hydrogen-bond acceptors (Lipinski definition) is 4. The number of rotatable bonds is 4. The van der Waals surface area contributed by atoms with E-state index in [-0.39, 0.29) is 5.54 Å². The van der Waals surface area contributed by atoms with Crippen molar-refractivity contribution in [3.8, 4) is 0 Å². The molecule has 0 unspecified atom stereocenters. The largest absolute Gasteiger partial charge is 0.327 e. The summed E-state index contributed by atoms with van der Waals surface area (Å²) in [7, 11) is 0. The van der Waals surface area contributed by atoms with Gasteiger partial charge in [0.25, 0.3) is 0 Å². The Balaban J connectivity index is 2.05. The van der Waals surface area contributed by atoms with Crippen LogP contribution in [0.15, 0.2) is 24.9 Å². The van der Waals surface area contributed by atoms with Crippen LogP contribution in [0.1, 0.15) is 37.9 Å². The first-order chi connectivity index (χ1) is 8.94. The average molecular weight is 259 g/mol. The molecule has 0 saturated heterocycles. The Hall–Kier alpha value is -1.75. The van der Waals surface area contributed by atoms with Gasteiger partial charge in [-0.3, -0.25) is 9.97 Å². The summed E-state index contributed by atoms with van der Waals surface area (Å²) in [6, 6.07) is 0. The SMILES string of the molecule is Cc1cnc(Cn2cncc2CNC(C)(C)C)cn1. The van der Waals surface area contributed by atoms with Gasteiger partial charge in [-0.1, -0.05) is 0 Å². The normalized spacial score (nSPS) is 11.8. The molecule has 0 aliphatic carbocycles. The lowest BCUT2D eigenvalue weighted by Gasteiger charge is -2.20. The predicted molar refractivity (Wildman–Crippen MR) is 74.7 cm³/mol. The molecule has 1 N–H and O–H groups in total. The van der Waals surface area contributed by atoms with E-state index >= 15 is 0 Å². The van der Waals surface area contributed by atoms with E-state index in [2.05, 4.69) is 45.6 Å². The summed E-state index contributed by atoms with van der Waals surface area (Å²) < 4.78 is 2.10. The van der Waals surface area contributed by atoms with Gasteiger partial charge in [0.2, 0.25) is 0 Å². The molecule has 0 aliphatic heterocycles. The fourth-order valence-corrected chi connectivity index (χ4v) is 1.67. The van der Waals surface area contributed by atoms with Crippen LogP contribution in [0.25, 0.3) is 0 Å². The first kappa shape index (κ1) is 13.7. The molecule has 0 aromatic carbocycles. The lowest BCUT2D eigenvalue weighted by atomic mass is 10.1. The van der Waals surface area contributed by atoms with Crippen molar-refractivity contribution >= 4 is 0 Å². The summed E-state index contributed by atoms with van der Waals surface area (Å²) in [5, 5.41) is 3.46. The van der Waals surface area contributed by atoms with Gasteiger partial charge in [0, 0.05) is 24.5 Å². The maximum Gasteiger partial charge on any atom is 0.0952 e. The second kappa shape index (κ2) is 5.48. The zero-order valence-corrected chi connectivity index (χ0v) is 12.0. The van der Waals surface area contributed by atoms with Crippen molar-refractivity contribution in [2.24, 2.45) is 0 Å². The highest BCUT2D eigenvalue weighted by molar-refractivity contribution is 5.06. The summed E-state index contributed by atoms with van der Waals surface area (Å²) >= 11 is 0. The molecule has 0 fully saturated rings. The van der Waals surface area contributed by atoms with E-state index in [1.165, 1.54) is 0 Å². The maximum absolute atomic E-state index is 4.37. The minimum absolute atomic E-state index is 0.0960. The Labute approximate surface area is 114 Å². The van der Waals surface area contributed by atoms with E-state index in [0.717, 1.165) is 23.6 Å². The van der Waals surface area contributed by atoms with E-state index in [1.807, 2.05) is 25.6 Å². The number of hydrogen-bond donors (Lipinski definition) is 1. The second-order valence-corrected chi connectivity index (χ2v) is 5.77. The lowest BCUT2D eigenvalue weighted by Crippen LogP contribution is -2.35. The summed E-state index contributed by atoms with van der Waals surface area (Å²) in [6.45, 7) is 9.89. The molecular weight excluding hydrogens is 238 g/mol. The first-order valence-electron chi connectivity index (χ1n) is 6.45. The topological polar surface area (TPSA) is 55.6 Å². The van der Waals surface area contributed by atoms with Gasteiger partial charge in [0.15, 0.2) is 0 Å². The van der Waals surface area contributed by atoms with E-state index in [9.17, 15) is 0 Å². The third kappa shape index (κ3) is 4.13. The number of aryl methyl sites for hydroxylation is 1. The molecule has 0 radical (unpaired) electrons. The first-order valence-corrected chi connectivity index (χ1v) is 6.45. The van der Waals surface area contributed by atoms with Crippen molar-refractivity contribution in [2.75, 3.05) is 0 Å². The van der Waals surface area contributed by atoms with Crippen LogP contribution in [0.2, 0.25) is 0 Å². The van der Waals surface area contributed by atoms with Crippen molar-refractivity contribution in [3.05, 3.63) is 42.0 Å². The van der Waals surface area contributed by atoms with E-state index in [0.29, 0.717) is 6.54 Å². The summed E-state index contributed by atoms with van der Waals surface area (Å²) in [6.07, 6.45) is 7.33. The Morgan fingerprint density at radius 3 is 2.58 bits per heavy atom. The molecule has 2 aromatic heterocycles. The number of imidazole rings is 1. The van der Waals surface area contributed by atoms with Crippen molar-refractivity contribution in [1.82, 2.24) is 24.8 Å². The Morgan fingerprint density at radius 1 is 1.16 bits per heavy atom. The van der Waals surface area contributed by atoms with Crippen molar-refractivity contribution in [3.63, 3.8) is 0 Å². The van der Waals surface area contributed by atoms with Crippen LogP contribution in [-0.4, -0.2) is 25.1 Å². The average Bonchev–Trinajstić information content (AvgIpc) is 2.76. The minimum atomic E-state index is 0.0960. The van der Waals surface area contributed by atoms with Crippen molar-refractivity contribution in [2.45, 2.75) is 46.3 Å². The van der Waals surface area contributed by atoms with E-state index < -0.39 is 0 Å². The highest BCUT2D eigenvalue weighted by Gasteiger charge is 2.11. The van der Waals surface area contributed by atoms with Crippen LogP contribution in [0.5, 0.6) is 0 Å². The summed E-state index contributed by atoms with van der Waals surface area (Å²) in [5.41, 5.74) is 3.13. The minimum Gasteiger partial charge on any atom is -0.327 e. The molecule has 0 bridgehead atoms. The van der Waals surface area contributed by atoms with Crippen LogP contribution >= 0.6 is 0 Å². The molecule has 0 aliphatic rings. The number of nitrogens with one attached hydrogen (secondary N) is 1. The molecule has 19 heavy (non-hydrogen) atoms. The van der Waals surface area contributed by atoms with Gasteiger partial charge in [0.1, 0.15) is 0 Å². The summed E-state index contributed by atoms with van der Waals surface area (Å²) in [5.74, 6) is 0. The molecular formula is C14H21N5. The molecule has 0 spiro atoms. The Morgan fingerprint density at radius 2 is 1.95 bits per heavy atom. The molecule has 2 heterocycles. The third-order valence-corrected chi connectivity index (χ3v) is 2.77. The van der Waals surface area contributed by atoms with Gasteiger partial charge >= 0.3 is 0 Å². The molecule has 0 saturated carbocycles. The predicted octanol–water partition coefficient (Wildman–Crippen LogP) is 1.92. The third-order valence-electron chi connectivity index (χ3n) is 2.77. The molecule has 2 aromatic rings. The fraction of sp³-hybridized carbons (Fsp3) is 0.500. The molecule has 0 atom stereocenters. The van der Waals surface area contributed by atoms with Crippen LogP contribution in [0.4, 0.5) is 0 Å². The zero-order chi connectivity index (χ0) is 13.9. The lowest BCUT2D eigenvalue weighted by molar-refractivity contribution is 0.416. The van der Waals surface area contributed by atoms with E-state index in [1.54, 1.807) is 6.20 Å². The molecule has 5 nitrogen and oxygen atoms in total. The van der Waals surface area contributed by atoms with Gasteiger partial charge in [-0.25, -0.2) is 4.98 Å². The molecule has 102 valence electrons. The molecule has 0 amide bonds. The number of nitrogens with zero attached hydrogens (tertiary/aromatic N) is 4. The van der Waals surface area contributed by atoms with Gasteiger partial charge in [-0.2, -0.15) is 0 Å². The fourth-order valence-electron chi connectivity index (χ4n) is 1.67. The van der Waals surface area contributed by atoms with Gasteiger partial charge < -0.3 is 9.88 Å². The smallest absolute Gasteiger partial charge is 0.0952 e. The van der Waals surface area contributed by atoms with Crippen LogP contribution in [0, 0.1) is 6.92 Å². The summed E-state index contributed by atoms with van der Waals surface area (Å²) in [4.78, 5) is 12.8. The standard InChI is InChI=1S/C14H21N5/c1-11-5-17-12(6-16-11)9-19-10-15-7-13(19)8-18-14(2,3)4/h5-7,10,18H,8-9H2,1-4H3. The Bertz CT molecular complexity index is 522. The second-order valence-electron chi connectivity index (χ2n) is 5.77. The van der Waals surface area contributed by atoms with Gasteiger partial charge in [-0.15, -0.1) is 0 Å². The highest BCUT2D eigenvalue weighted by atomic mass is 15.1. The highest BCUT2D eigenvalue weighted by Crippen LogP contribution is 2.06. The molecule has 5 heteroatoms. The quantitative estimate of drug-likeness (QED) is 0.911. The van der Waals surface area contributed by atoms with Crippen molar-refractivity contribution in [1.29, 1.82) is 0 Å². The number of aromatic nitrogens is 4. The van der Waals surface area contributed by atoms with Crippen LogP contribution < -0.4 is 5.32 Å². The monoisotopic (exact) mass is 259 g/mol.